The van der Waals surface area contributed by atoms with Gasteiger partial charge in [0.2, 0.25) is 17.6 Å². The SMILES string of the molecule is C=CCNC(=O)C(=O)[C@@H]1CCCCCCCO[C@@H](C)[C@H](NC(=O)N[C@H](CC2C(=O)CC(C)(C)CC2=O)C(C)(C)C)C(=O)N2C[C@H]3[C@@H](C2C(=O)N1)C3(C)C. The van der Waals surface area contributed by atoms with Crippen molar-refractivity contribution in [2.75, 3.05) is 19.7 Å². The van der Waals surface area contributed by atoms with Crippen molar-refractivity contribution >= 4 is 41.1 Å². The number of urea groups is 1. The number of hydrogen-bond donors (Lipinski definition) is 4. The Bertz CT molecular complexity index is 1430. The lowest BCUT2D eigenvalue weighted by molar-refractivity contribution is -0.146. The zero-order valence-corrected chi connectivity index (χ0v) is 33.1. The normalized spacial score (nSPS) is 30.3. The lowest BCUT2D eigenvalue weighted by Crippen LogP contribution is -2.62. The number of ketones is 3. The van der Waals surface area contributed by atoms with Crippen LogP contribution in [0.3, 0.4) is 0 Å². The third-order valence-electron chi connectivity index (χ3n) is 12.0. The number of nitrogens with one attached hydrogen (secondary N) is 4. The fourth-order valence-corrected chi connectivity index (χ4v) is 8.55. The van der Waals surface area contributed by atoms with Crippen LogP contribution in [0.5, 0.6) is 0 Å². The second-order valence-corrected chi connectivity index (χ2v) is 18.2. The average molecular weight is 742 g/mol. The predicted octanol–water partition coefficient (Wildman–Crippen LogP) is 3.63. The first kappa shape index (κ1) is 42.1. The molecule has 2 aliphatic heterocycles. The Morgan fingerprint density at radius 2 is 1.62 bits per heavy atom. The van der Waals surface area contributed by atoms with E-state index in [1.54, 1.807) is 6.92 Å². The van der Waals surface area contributed by atoms with Gasteiger partial charge in [-0.1, -0.05) is 80.2 Å². The molecular formula is C40H63N5O8. The van der Waals surface area contributed by atoms with Crippen LogP contribution in [0, 0.1) is 34.0 Å². The molecule has 2 saturated heterocycles. The summed E-state index contributed by atoms with van der Waals surface area (Å²) in [5, 5.41) is 11.2. The maximum Gasteiger partial charge on any atom is 0.315 e. The molecule has 2 aliphatic carbocycles. The van der Waals surface area contributed by atoms with Gasteiger partial charge in [0.15, 0.2) is 0 Å². The number of piperidine rings is 1. The smallest absolute Gasteiger partial charge is 0.315 e. The maximum absolute atomic E-state index is 14.6. The monoisotopic (exact) mass is 741 g/mol. The standard InChI is InChI=1S/C40H63N5O8/c1-10-17-41-35(50)33(48)26-16-14-12-11-13-15-18-53-23(2)31(36(51)45-22-25-30(40(25,8)9)32(45)34(49)42-26)44-37(52)43-29(38(3,4)5)19-24-27(46)20-39(6,7)21-28(24)47/h10,23-26,29-32H,1,11-22H2,2-9H3,(H,41,50)(H,42,49)(H2,43,44,52)/t23-,25-,26-,29+,30-,31-,32?/m0/s1. The molecule has 4 aliphatic rings. The maximum atomic E-state index is 14.6. The fraction of sp³-hybridized carbons (Fsp3) is 0.775. The van der Waals surface area contributed by atoms with Gasteiger partial charge in [-0.2, -0.15) is 0 Å². The highest BCUT2D eigenvalue weighted by molar-refractivity contribution is 6.38. The second-order valence-electron chi connectivity index (χ2n) is 18.2. The van der Waals surface area contributed by atoms with Crippen molar-refractivity contribution < 1.29 is 38.3 Å². The summed E-state index contributed by atoms with van der Waals surface area (Å²) in [7, 11) is 0. The zero-order chi connectivity index (χ0) is 39.5. The summed E-state index contributed by atoms with van der Waals surface area (Å²) in [6.45, 7) is 19.7. The summed E-state index contributed by atoms with van der Waals surface area (Å²) < 4.78 is 6.15. The van der Waals surface area contributed by atoms with Gasteiger partial charge in [0, 0.05) is 38.6 Å². The predicted molar refractivity (Wildman–Crippen MR) is 199 cm³/mol. The van der Waals surface area contributed by atoms with Gasteiger partial charge in [-0.15, -0.1) is 6.58 Å². The summed E-state index contributed by atoms with van der Waals surface area (Å²) >= 11 is 0. The number of rotatable bonds is 8. The molecule has 0 radical (unpaired) electrons. The Hall–Kier alpha value is -3.61. The van der Waals surface area contributed by atoms with Crippen LogP contribution in [0.2, 0.25) is 0 Å². The molecule has 2 saturated carbocycles. The van der Waals surface area contributed by atoms with E-state index >= 15 is 0 Å². The van der Waals surface area contributed by atoms with Crippen molar-refractivity contribution in [2.45, 2.75) is 143 Å². The van der Waals surface area contributed by atoms with Gasteiger partial charge in [0.1, 0.15) is 23.7 Å². The minimum absolute atomic E-state index is 0.0286. The fourth-order valence-electron chi connectivity index (χ4n) is 8.55. The van der Waals surface area contributed by atoms with Crippen molar-refractivity contribution in [3.05, 3.63) is 12.7 Å². The minimum Gasteiger partial charge on any atom is -0.376 e. The van der Waals surface area contributed by atoms with Crippen molar-refractivity contribution in [3.8, 4) is 0 Å². The molecular weight excluding hydrogens is 678 g/mol. The zero-order valence-electron chi connectivity index (χ0n) is 33.1. The van der Waals surface area contributed by atoms with E-state index in [0.29, 0.717) is 25.9 Å². The van der Waals surface area contributed by atoms with Crippen LogP contribution in [0.25, 0.3) is 0 Å². The van der Waals surface area contributed by atoms with Crippen LogP contribution in [-0.2, 0) is 33.5 Å². The molecule has 0 aromatic carbocycles. The van der Waals surface area contributed by atoms with Gasteiger partial charge in [0.25, 0.3) is 5.91 Å². The number of amides is 5. The topological polar surface area (TPSA) is 180 Å². The highest BCUT2D eigenvalue weighted by Crippen LogP contribution is 2.65. The Balaban J connectivity index is 1.58. The van der Waals surface area contributed by atoms with E-state index in [0.717, 1.165) is 25.7 Å². The Morgan fingerprint density at radius 1 is 1.00 bits per heavy atom. The largest absolute Gasteiger partial charge is 0.376 e. The molecule has 0 bridgehead atoms. The van der Waals surface area contributed by atoms with Crippen molar-refractivity contribution in [1.29, 1.82) is 0 Å². The molecule has 7 atom stereocenters. The average Bonchev–Trinajstić information content (AvgIpc) is 3.36. The first-order valence-corrected chi connectivity index (χ1v) is 19.5. The Labute approximate surface area is 314 Å². The van der Waals surface area contributed by atoms with E-state index in [9.17, 15) is 33.6 Å². The molecule has 4 fully saturated rings. The van der Waals surface area contributed by atoms with Gasteiger partial charge in [-0.05, 0) is 54.3 Å². The van der Waals surface area contributed by atoms with Crippen LogP contribution in [0.4, 0.5) is 4.79 Å². The summed E-state index contributed by atoms with van der Waals surface area (Å²) in [5.41, 5.74) is -1.16. The summed E-state index contributed by atoms with van der Waals surface area (Å²) in [6.07, 6.45) is 5.56. The number of fused-ring (bicyclic) bond motifs is 3. The first-order valence-electron chi connectivity index (χ1n) is 19.5. The first-order chi connectivity index (χ1) is 24.7. The van der Waals surface area contributed by atoms with E-state index in [2.05, 4.69) is 27.8 Å². The van der Waals surface area contributed by atoms with Crippen molar-refractivity contribution in [2.24, 2.45) is 34.0 Å². The molecule has 5 amide bonds. The van der Waals surface area contributed by atoms with Crippen LogP contribution in [0.1, 0.15) is 113 Å². The van der Waals surface area contributed by atoms with Gasteiger partial charge in [0.05, 0.1) is 18.1 Å². The molecule has 0 aromatic heterocycles. The molecule has 13 heteroatoms. The van der Waals surface area contributed by atoms with E-state index in [4.69, 9.17) is 4.74 Å². The second kappa shape index (κ2) is 16.8. The molecule has 4 rings (SSSR count). The lowest BCUT2D eigenvalue weighted by Gasteiger charge is -2.38. The van der Waals surface area contributed by atoms with Crippen LogP contribution in [-0.4, -0.2) is 96.0 Å². The molecule has 53 heavy (non-hydrogen) atoms. The van der Waals surface area contributed by atoms with Gasteiger partial charge in [-0.3, -0.25) is 28.8 Å². The van der Waals surface area contributed by atoms with Gasteiger partial charge >= 0.3 is 6.03 Å². The molecule has 13 nitrogen and oxygen atoms in total. The number of carbonyl (C=O) groups excluding carboxylic acids is 7. The molecule has 296 valence electrons. The molecule has 4 N–H and O–H groups in total. The Kier molecular flexibility index (Phi) is 13.4. The summed E-state index contributed by atoms with van der Waals surface area (Å²) in [5.74, 6) is -3.75. The number of carbonyl (C=O) groups is 7. The summed E-state index contributed by atoms with van der Waals surface area (Å²) in [4.78, 5) is 96.2. The number of ether oxygens (including phenoxy) is 1. The van der Waals surface area contributed by atoms with Gasteiger partial charge in [-0.25, -0.2) is 4.79 Å². The molecule has 0 spiro atoms. The van der Waals surface area contributed by atoms with E-state index < -0.39 is 76.6 Å². The lowest BCUT2D eigenvalue weighted by atomic mass is 9.68. The van der Waals surface area contributed by atoms with Crippen LogP contribution in [0.15, 0.2) is 12.7 Å². The van der Waals surface area contributed by atoms with E-state index in [1.165, 1.54) is 11.0 Å². The number of nitrogens with zero attached hydrogens (tertiary/aromatic N) is 1. The van der Waals surface area contributed by atoms with Crippen molar-refractivity contribution in [3.63, 3.8) is 0 Å². The highest BCUT2D eigenvalue weighted by Gasteiger charge is 2.69. The highest BCUT2D eigenvalue weighted by atomic mass is 16.5. The number of hydrogen-bond acceptors (Lipinski definition) is 8. The van der Waals surface area contributed by atoms with E-state index in [1.807, 2.05) is 48.5 Å². The third-order valence-corrected chi connectivity index (χ3v) is 12.0. The molecule has 2 heterocycles. The number of Topliss-reactive ketones (excluding diaryl/α,β-unsaturated/α-hetero) is 3. The third kappa shape index (κ3) is 10.1. The quantitative estimate of drug-likeness (QED) is 0.165. The minimum atomic E-state index is -1.17. The van der Waals surface area contributed by atoms with Crippen LogP contribution >= 0.6 is 0 Å². The van der Waals surface area contributed by atoms with Crippen molar-refractivity contribution in [1.82, 2.24) is 26.2 Å². The summed E-state index contributed by atoms with van der Waals surface area (Å²) in [6, 6.07) is -4.36. The van der Waals surface area contributed by atoms with E-state index in [-0.39, 0.29) is 54.7 Å². The molecule has 0 aromatic rings. The van der Waals surface area contributed by atoms with Crippen LogP contribution < -0.4 is 21.3 Å². The van der Waals surface area contributed by atoms with Gasteiger partial charge < -0.3 is 30.9 Å². The Morgan fingerprint density at radius 3 is 2.25 bits per heavy atom. The molecule has 1 unspecified atom stereocenters.